The first-order chi connectivity index (χ1) is 18.1. The summed E-state index contributed by atoms with van der Waals surface area (Å²) in [5.74, 6) is 0.453. The van der Waals surface area contributed by atoms with Crippen molar-refractivity contribution in [2.45, 2.75) is 50.5 Å². The van der Waals surface area contributed by atoms with E-state index in [4.69, 9.17) is 4.98 Å². The maximum Gasteiger partial charge on any atom is 0.226 e. The van der Waals surface area contributed by atoms with Crippen LogP contribution in [0.3, 0.4) is 0 Å². The highest BCUT2D eigenvalue weighted by molar-refractivity contribution is 5.93. The molecule has 37 heavy (non-hydrogen) atoms. The molecule has 0 aromatic carbocycles. The summed E-state index contributed by atoms with van der Waals surface area (Å²) in [7, 11) is 0. The third-order valence-corrected chi connectivity index (χ3v) is 7.51. The maximum absolute atomic E-state index is 12.0. The summed E-state index contributed by atoms with van der Waals surface area (Å²) in [6.45, 7) is 1.72. The van der Waals surface area contributed by atoms with Crippen molar-refractivity contribution in [3.05, 3.63) is 60.7 Å². The summed E-state index contributed by atoms with van der Waals surface area (Å²) < 4.78 is 0. The van der Waals surface area contributed by atoms with Crippen molar-refractivity contribution in [1.29, 1.82) is 0 Å². The van der Waals surface area contributed by atoms with Gasteiger partial charge in [-0.2, -0.15) is 5.10 Å². The van der Waals surface area contributed by atoms with Crippen molar-refractivity contribution in [1.82, 2.24) is 35.4 Å². The van der Waals surface area contributed by atoms with Crippen molar-refractivity contribution < 1.29 is 9.59 Å². The van der Waals surface area contributed by atoms with Gasteiger partial charge in [0.2, 0.25) is 11.8 Å². The molecule has 4 aromatic rings. The van der Waals surface area contributed by atoms with Crippen LogP contribution in [0.1, 0.15) is 50.6 Å². The Balaban J connectivity index is 0.000000272. The van der Waals surface area contributed by atoms with Gasteiger partial charge >= 0.3 is 0 Å². The van der Waals surface area contributed by atoms with E-state index >= 15 is 0 Å². The number of H-pyrrole nitrogens is 1. The first kappa shape index (κ1) is 23.3. The van der Waals surface area contributed by atoms with Crippen LogP contribution in [-0.2, 0) is 15.1 Å². The molecule has 4 aromatic heterocycles. The second kappa shape index (κ2) is 9.72. The van der Waals surface area contributed by atoms with Crippen molar-refractivity contribution >= 4 is 22.7 Å². The zero-order chi connectivity index (χ0) is 25.2. The van der Waals surface area contributed by atoms with Gasteiger partial charge in [-0.1, -0.05) is 12.5 Å². The van der Waals surface area contributed by atoms with Crippen LogP contribution in [-0.4, -0.2) is 55.0 Å². The molecule has 3 aliphatic rings. The predicted molar refractivity (Wildman–Crippen MR) is 139 cm³/mol. The molecule has 3 fully saturated rings. The van der Waals surface area contributed by atoms with Crippen molar-refractivity contribution in [2.24, 2.45) is 0 Å². The number of nitrogens with one attached hydrogen (secondary N) is 2. The Morgan fingerprint density at radius 3 is 2.78 bits per heavy atom. The number of aromatic amines is 1. The quantitative estimate of drug-likeness (QED) is 0.415. The minimum atomic E-state index is -0.221. The molecule has 2 amide bonds. The molecular weight excluding hydrogens is 466 g/mol. The van der Waals surface area contributed by atoms with Gasteiger partial charge in [0.1, 0.15) is 5.69 Å². The first-order valence-electron chi connectivity index (χ1n) is 12.9. The normalized spacial score (nSPS) is 20.9. The lowest BCUT2D eigenvalue weighted by Crippen LogP contribution is -2.57. The van der Waals surface area contributed by atoms with Crippen LogP contribution >= 0.6 is 0 Å². The lowest BCUT2D eigenvalue weighted by atomic mass is 9.80. The van der Waals surface area contributed by atoms with E-state index in [2.05, 4.69) is 25.5 Å². The molecule has 0 saturated carbocycles. The summed E-state index contributed by atoms with van der Waals surface area (Å²) in [5, 5.41) is 11.4. The molecule has 188 valence electrons. The lowest BCUT2D eigenvalue weighted by molar-refractivity contribution is -0.153. The third kappa shape index (κ3) is 4.34. The van der Waals surface area contributed by atoms with Crippen LogP contribution < -0.4 is 5.32 Å². The van der Waals surface area contributed by atoms with E-state index in [1.807, 2.05) is 41.3 Å². The van der Waals surface area contributed by atoms with Gasteiger partial charge in [0.05, 0.1) is 40.8 Å². The Kier molecular flexibility index (Phi) is 6.12. The van der Waals surface area contributed by atoms with Gasteiger partial charge in [0.15, 0.2) is 0 Å². The number of carbonyl (C=O) groups excluding carboxylic acids is 2. The molecule has 1 unspecified atom stereocenters. The third-order valence-electron chi connectivity index (χ3n) is 7.51. The molecule has 7 heterocycles. The number of aromatic nitrogens is 5. The number of pyridine rings is 3. The molecule has 0 bridgehead atoms. The fourth-order valence-corrected chi connectivity index (χ4v) is 5.55. The minimum Gasteiger partial charge on any atom is -0.356 e. The van der Waals surface area contributed by atoms with Gasteiger partial charge in [-0.3, -0.25) is 24.7 Å². The molecule has 0 spiro atoms. The zero-order valence-electron chi connectivity index (χ0n) is 20.6. The van der Waals surface area contributed by atoms with Crippen LogP contribution in [0.2, 0.25) is 0 Å². The minimum absolute atomic E-state index is 0.221. The number of nitrogens with zero attached hydrogens (tertiary/aromatic N) is 5. The van der Waals surface area contributed by atoms with E-state index in [0.29, 0.717) is 6.42 Å². The average molecular weight is 496 g/mol. The number of rotatable bonds is 3. The van der Waals surface area contributed by atoms with E-state index in [1.165, 1.54) is 6.42 Å². The molecular formula is C28H29N7O2. The molecule has 0 aliphatic carbocycles. The highest BCUT2D eigenvalue weighted by Crippen LogP contribution is 2.49. The summed E-state index contributed by atoms with van der Waals surface area (Å²) in [6.07, 6.45) is 12.1. The molecule has 9 heteroatoms. The van der Waals surface area contributed by atoms with Crippen LogP contribution in [0.5, 0.6) is 0 Å². The molecule has 3 saturated heterocycles. The van der Waals surface area contributed by atoms with Crippen molar-refractivity contribution in [2.75, 3.05) is 13.1 Å². The number of amides is 2. The van der Waals surface area contributed by atoms with Crippen LogP contribution in [0.25, 0.3) is 33.5 Å². The molecule has 3 aliphatic heterocycles. The molecule has 2 N–H and O–H groups in total. The van der Waals surface area contributed by atoms with Gasteiger partial charge in [0.25, 0.3) is 0 Å². The largest absolute Gasteiger partial charge is 0.356 e. The van der Waals surface area contributed by atoms with E-state index < -0.39 is 0 Å². The highest BCUT2D eigenvalue weighted by atomic mass is 16.2. The highest BCUT2D eigenvalue weighted by Gasteiger charge is 2.55. The van der Waals surface area contributed by atoms with Crippen molar-refractivity contribution in [3.63, 3.8) is 0 Å². The summed E-state index contributed by atoms with van der Waals surface area (Å²) in [6, 6.07) is 11.9. The number of β-lactam (4-membered cyclic amide) rings is 1. The van der Waals surface area contributed by atoms with E-state index in [1.54, 1.807) is 18.6 Å². The Morgan fingerprint density at radius 1 is 0.973 bits per heavy atom. The molecule has 7 rings (SSSR count). The molecule has 1 atom stereocenters. The molecule has 9 nitrogen and oxygen atoms in total. The Bertz CT molecular complexity index is 1440. The Labute approximate surface area is 214 Å². The SMILES string of the molecule is O=C1CC2(c3cccc(-c4n[nH]c5cnc(-c6cccnc6)cc45)n3)CCCN12.O=C1CCCCCN1. The monoisotopic (exact) mass is 495 g/mol. The predicted octanol–water partition coefficient (Wildman–Crippen LogP) is 3.98. The first-order valence-corrected chi connectivity index (χ1v) is 12.9. The summed E-state index contributed by atoms with van der Waals surface area (Å²) in [4.78, 5) is 38.2. The second-order valence-electron chi connectivity index (χ2n) is 9.86. The second-order valence-corrected chi connectivity index (χ2v) is 9.86. The summed E-state index contributed by atoms with van der Waals surface area (Å²) in [5.41, 5.74) is 5.00. The van der Waals surface area contributed by atoms with Gasteiger partial charge in [-0.05, 0) is 56.0 Å². The molecule has 0 radical (unpaired) electrons. The van der Waals surface area contributed by atoms with Gasteiger partial charge in [-0.15, -0.1) is 0 Å². The van der Waals surface area contributed by atoms with Gasteiger partial charge in [-0.25, -0.2) is 4.98 Å². The Morgan fingerprint density at radius 2 is 1.92 bits per heavy atom. The van der Waals surface area contributed by atoms with E-state index in [-0.39, 0.29) is 17.4 Å². The fraction of sp³-hybridized carbons (Fsp3) is 0.357. The average Bonchev–Trinajstić information content (AvgIpc) is 3.43. The van der Waals surface area contributed by atoms with Crippen LogP contribution in [0.15, 0.2) is 55.0 Å². The van der Waals surface area contributed by atoms with Crippen molar-refractivity contribution in [3.8, 4) is 22.6 Å². The maximum atomic E-state index is 12.0. The van der Waals surface area contributed by atoms with Crippen LogP contribution in [0, 0.1) is 0 Å². The fourth-order valence-electron chi connectivity index (χ4n) is 5.55. The number of hydrogen-bond acceptors (Lipinski definition) is 6. The smallest absolute Gasteiger partial charge is 0.226 e. The standard InChI is InChI=1S/C22H18N6O.C6H11NO/c29-20-11-22(7-3-9-28(20)22)19-6-1-5-16(25-19)21-15-10-17(14-4-2-8-23-12-14)24-13-18(15)26-27-21;8-6-4-2-1-3-5-7-6/h1-2,4-6,8,10,12-13H,3,7,9,11H2,(H,26,27);1-5H2,(H,7,8). The lowest BCUT2D eigenvalue weighted by Gasteiger charge is -2.47. The number of carbonyl (C=O) groups is 2. The summed E-state index contributed by atoms with van der Waals surface area (Å²) >= 11 is 0. The zero-order valence-corrected chi connectivity index (χ0v) is 20.6. The van der Waals surface area contributed by atoms with Gasteiger partial charge in [0, 0.05) is 42.9 Å². The number of fused-ring (bicyclic) bond motifs is 2. The van der Waals surface area contributed by atoms with Gasteiger partial charge < -0.3 is 10.2 Å². The van der Waals surface area contributed by atoms with Crippen LogP contribution in [0.4, 0.5) is 0 Å². The topological polar surface area (TPSA) is 117 Å². The number of hydrogen-bond donors (Lipinski definition) is 2. The Hall–Kier alpha value is -4.14. The van der Waals surface area contributed by atoms with E-state index in [0.717, 1.165) is 84.4 Å². The van der Waals surface area contributed by atoms with E-state index in [9.17, 15) is 9.59 Å².